The minimum Gasteiger partial charge on any atom is -0.508 e. The van der Waals surface area contributed by atoms with Crippen molar-refractivity contribution in [1.29, 1.82) is 0 Å². The molecule has 5 rings (SSSR count). The lowest BCUT2D eigenvalue weighted by atomic mass is 9.55. The molecule has 0 bridgehead atoms. The molecule has 0 radical (unpaired) electrons. The largest absolute Gasteiger partial charge is 0.508 e. The number of hydrogen-bond acceptors (Lipinski definition) is 4. The van der Waals surface area contributed by atoms with Crippen molar-refractivity contribution in [3.05, 3.63) is 47.3 Å². The van der Waals surface area contributed by atoms with Crippen molar-refractivity contribution in [2.75, 3.05) is 0 Å². The Balaban J connectivity index is 1.37. The van der Waals surface area contributed by atoms with Gasteiger partial charge in [-0.2, -0.15) is 15.3 Å². The molecule has 4 atom stereocenters. The van der Waals surface area contributed by atoms with Crippen molar-refractivity contribution in [2.24, 2.45) is 27.5 Å². The highest BCUT2D eigenvalue weighted by Crippen LogP contribution is 2.60. The fraction of sp³-hybridized carbons (Fsp3) is 0.542. The number of benzene rings is 1. The maximum atomic E-state index is 9.86. The number of phenols is 1. The standard InChI is InChI=1S/C24H30N4O/c1-3-28-15-16(14-26-28)13-25-27-23-9-8-22-21-6-4-17-12-18(29)5-7-19(17)20(21)10-11-24(22,23)2/h5,7,12-15,20-22,29H,3-4,6,8-11H2,1-2H3. The van der Waals surface area contributed by atoms with E-state index < -0.39 is 0 Å². The summed E-state index contributed by atoms with van der Waals surface area (Å²) in [6.45, 7) is 5.38. The van der Waals surface area contributed by atoms with E-state index in [1.165, 1.54) is 42.5 Å². The molecule has 0 aliphatic heterocycles. The van der Waals surface area contributed by atoms with Crippen LogP contribution in [-0.2, 0) is 13.0 Å². The molecule has 3 aliphatic carbocycles. The second kappa shape index (κ2) is 7.12. The van der Waals surface area contributed by atoms with Crippen LogP contribution in [0.15, 0.2) is 40.8 Å². The Hall–Kier alpha value is -2.43. The molecule has 4 unspecified atom stereocenters. The molecule has 1 aromatic carbocycles. The van der Waals surface area contributed by atoms with Crippen LogP contribution in [0, 0.1) is 17.3 Å². The van der Waals surface area contributed by atoms with Crippen LogP contribution in [0.1, 0.15) is 68.6 Å². The van der Waals surface area contributed by atoms with E-state index in [0.717, 1.165) is 30.9 Å². The van der Waals surface area contributed by atoms with Gasteiger partial charge in [0.1, 0.15) is 5.75 Å². The van der Waals surface area contributed by atoms with Gasteiger partial charge in [-0.1, -0.05) is 13.0 Å². The lowest BCUT2D eigenvalue weighted by Gasteiger charge is -2.49. The molecule has 0 spiro atoms. The van der Waals surface area contributed by atoms with Crippen molar-refractivity contribution in [1.82, 2.24) is 9.78 Å². The molecule has 1 N–H and O–H groups in total. The van der Waals surface area contributed by atoms with E-state index in [1.807, 2.05) is 35.4 Å². The van der Waals surface area contributed by atoms with Crippen molar-refractivity contribution in [2.45, 2.75) is 64.8 Å². The lowest BCUT2D eigenvalue weighted by Crippen LogP contribution is -2.42. The molecule has 2 fully saturated rings. The number of rotatable bonds is 3. The van der Waals surface area contributed by atoms with Crippen molar-refractivity contribution in [3.63, 3.8) is 0 Å². The van der Waals surface area contributed by atoms with Gasteiger partial charge in [0.05, 0.1) is 12.4 Å². The van der Waals surface area contributed by atoms with Crippen LogP contribution >= 0.6 is 0 Å². The number of phenolic OH excluding ortho intramolecular Hbond substituents is 1. The second-order valence-electron chi connectivity index (χ2n) is 9.21. The molecule has 1 aromatic heterocycles. The monoisotopic (exact) mass is 390 g/mol. The molecule has 1 heterocycles. The number of nitrogens with zero attached hydrogens (tertiary/aromatic N) is 4. The number of aryl methyl sites for hydroxylation is 2. The average molecular weight is 391 g/mol. The Labute approximate surface area is 172 Å². The zero-order valence-electron chi connectivity index (χ0n) is 17.4. The van der Waals surface area contributed by atoms with Crippen LogP contribution in [0.4, 0.5) is 0 Å². The smallest absolute Gasteiger partial charge is 0.115 e. The second-order valence-corrected chi connectivity index (χ2v) is 9.21. The third kappa shape index (κ3) is 3.11. The van der Waals surface area contributed by atoms with E-state index in [2.05, 4.69) is 30.1 Å². The van der Waals surface area contributed by atoms with Crippen LogP contribution in [-0.4, -0.2) is 26.8 Å². The highest BCUT2D eigenvalue weighted by molar-refractivity contribution is 5.93. The third-order valence-corrected chi connectivity index (χ3v) is 7.81. The Morgan fingerprint density at radius 1 is 1.28 bits per heavy atom. The molecule has 3 aliphatic rings. The summed E-state index contributed by atoms with van der Waals surface area (Å²) in [7, 11) is 0. The van der Waals surface area contributed by atoms with Crippen LogP contribution in [0.3, 0.4) is 0 Å². The summed E-state index contributed by atoms with van der Waals surface area (Å²) < 4.78 is 1.91. The first-order chi connectivity index (χ1) is 14.1. The van der Waals surface area contributed by atoms with Gasteiger partial charge in [-0.05, 0) is 86.5 Å². The van der Waals surface area contributed by atoms with Gasteiger partial charge in [0.2, 0.25) is 0 Å². The third-order valence-electron chi connectivity index (χ3n) is 7.81. The highest BCUT2D eigenvalue weighted by atomic mass is 16.3. The van der Waals surface area contributed by atoms with Gasteiger partial charge in [0.15, 0.2) is 0 Å². The summed E-state index contributed by atoms with van der Waals surface area (Å²) >= 11 is 0. The predicted molar refractivity (Wildman–Crippen MR) is 116 cm³/mol. The van der Waals surface area contributed by atoms with Crippen LogP contribution in [0.25, 0.3) is 0 Å². The van der Waals surface area contributed by atoms with Gasteiger partial charge >= 0.3 is 0 Å². The maximum Gasteiger partial charge on any atom is 0.115 e. The van der Waals surface area contributed by atoms with Gasteiger partial charge in [0, 0.05) is 29.4 Å². The van der Waals surface area contributed by atoms with Crippen molar-refractivity contribution >= 4 is 11.9 Å². The molecular formula is C24H30N4O. The van der Waals surface area contributed by atoms with E-state index in [1.54, 1.807) is 0 Å². The van der Waals surface area contributed by atoms with Gasteiger partial charge in [-0.3, -0.25) is 4.68 Å². The number of aromatic hydroxyl groups is 1. The predicted octanol–water partition coefficient (Wildman–Crippen LogP) is 4.94. The Morgan fingerprint density at radius 3 is 3.00 bits per heavy atom. The zero-order valence-corrected chi connectivity index (χ0v) is 17.4. The topological polar surface area (TPSA) is 62.8 Å². The van der Waals surface area contributed by atoms with E-state index >= 15 is 0 Å². The maximum absolute atomic E-state index is 9.86. The Kier molecular flexibility index (Phi) is 4.56. The minimum atomic E-state index is 0.181. The van der Waals surface area contributed by atoms with Crippen LogP contribution in [0.5, 0.6) is 5.75 Å². The van der Waals surface area contributed by atoms with E-state index in [4.69, 9.17) is 5.10 Å². The highest BCUT2D eigenvalue weighted by Gasteiger charge is 2.53. The normalized spacial score (nSPS) is 32.3. The van der Waals surface area contributed by atoms with Gasteiger partial charge in [-0.25, -0.2) is 0 Å². The molecule has 0 amide bonds. The van der Waals surface area contributed by atoms with Crippen molar-refractivity contribution < 1.29 is 5.11 Å². The van der Waals surface area contributed by atoms with Gasteiger partial charge in [0.25, 0.3) is 0 Å². The summed E-state index contributed by atoms with van der Waals surface area (Å²) in [5.74, 6) is 2.46. The fourth-order valence-corrected chi connectivity index (χ4v) is 6.31. The van der Waals surface area contributed by atoms with Gasteiger partial charge in [-0.15, -0.1) is 0 Å². The molecule has 5 heteroatoms. The molecule has 152 valence electrons. The summed E-state index contributed by atoms with van der Waals surface area (Å²) in [5.41, 5.74) is 5.32. The minimum absolute atomic E-state index is 0.181. The van der Waals surface area contributed by atoms with Crippen molar-refractivity contribution in [3.8, 4) is 5.75 Å². The summed E-state index contributed by atoms with van der Waals surface area (Å²) in [5, 5.41) is 23.3. The zero-order chi connectivity index (χ0) is 20.0. The first kappa shape index (κ1) is 18.6. The summed E-state index contributed by atoms with van der Waals surface area (Å²) in [4.78, 5) is 0. The fourth-order valence-electron chi connectivity index (χ4n) is 6.31. The summed E-state index contributed by atoms with van der Waals surface area (Å²) in [6.07, 6.45) is 12.7. The first-order valence-electron chi connectivity index (χ1n) is 11.0. The summed E-state index contributed by atoms with van der Waals surface area (Å²) in [6, 6.07) is 6.02. The Morgan fingerprint density at radius 2 is 2.17 bits per heavy atom. The molecule has 5 nitrogen and oxygen atoms in total. The molecule has 29 heavy (non-hydrogen) atoms. The van der Waals surface area contributed by atoms with Crippen LogP contribution < -0.4 is 0 Å². The SMILES string of the molecule is CCn1cc(C=NN=C2CCC3C4CCc5cc(O)ccc5C4CCC23C)cn1. The van der Waals surface area contributed by atoms with E-state index in [9.17, 15) is 5.11 Å². The van der Waals surface area contributed by atoms with Gasteiger partial charge < -0.3 is 5.11 Å². The quantitative estimate of drug-likeness (QED) is 0.596. The van der Waals surface area contributed by atoms with Crippen LogP contribution in [0.2, 0.25) is 0 Å². The molecule has 2 aromatic rings. The molecular weight excluding hydrogens is 360 g/mol. The molecule has 0 saturated heterocycles. The number of hydrogen-bond donors (Lipinski definition) is 1. The average Bonchev–Trinajstić information content (AvgIpc) is 3.32. The Bertz CT molecular complexity index is 975. The lowest BCUT2D eigenvalue weighted by molar-refractivity contribution is 0.0955. The number of fused-ring (bicyclic) bond motifs is 5. The molecule has 2 saturated carbocycles. The number of aromatic nitrogens is 2. The van der Waals surface area contributed by atoms with E-state index in [-0.39, 0.29) is 5.41 Å². The first-order valence-corrected chi connectivity index (χ1v) is 11.0. The van der Waals surface area contributed by atoms with E-state index in [0.29, 0.717) is 17.6 Å².